The molecule has 0 bridgehead atoms. The van der Waals surface area contributed by atoms with Gasteiger partial charge in [0.25, 0.3) is 0 Å². The molecule has 2 aromatic carbocycles. The SMILES string of the molecule is C[Si](C)=c1ccc2c(c1C1=CC(C(C)(C)C)=CC1)[C]([Hf+2])=c1ccccc1=2.[Cl-].[Cl-]. The van der Waals surface area contributed by atoms with Crippen LogP contribution in [0.5, 0.6) is 0 Å². The van der Waals surface area contributed by atoms with Crippen molar-refractivity contribution in [2.24, 2.45) is 5.41 Å². The summed E-state index contributed by atoms with van der Waals surface area (Å²) in [7, 11) is -0.523. The van der Waals surface area contributed by atoms with Crippen molar-refractivity contribution < 1.29 is 49.2 Å². The van der Waals surface area contributed by atoms with Crippen molar-refractivity contribution in [3.63, 3.8) is 0 Å². The van der Waals surface area contributed by atoms with Crippen molar-refractivity contribution in [1.82, 2.24) is 0 Å². The molecule has 2 aliphatic rings. The summed E-state index contributed by atoms with van der Waals surface area (Å²) >= 11 is 1.09. The first-order chi connectivity index (χ1) is 12.3. The summed E-state index contributed by atoms with van der Waals surface area (Å²) in [4.78, 5) is 1.60. The molecule has 4 heteroatoms. The number of fused-ring (bicyclic) bond motifs is 2. The Hall–Kier alpha value is -0.543. The Morgan fingerprint density at radius 1 is 0.857 bits per heavy atom. The third-order valence-electron chi connectivity index (χ3n) is 5.54. The second-order valence-electron chi connectivity index (χ2n) is 8.61. The van der Waals surface area contributed by atoms with Gasteiger partial charge in [0.2, 0.25) is 0 Å². The van der Waals surface area contributed by atoms with Crippen LogP contribution in [0.2, 0.25) is 13.1 Å². The third kappa shape index (κ3) is 3.90. The van der Waals surface area contributed by atoms with Gasteiger partial charge in [-0.3, -0.25) is 0 Å². The van der Waals surface area contributed by atoms with E-state index in [2.05, 4.69) is 82.4 Å². The maximum atomic E-state index is 2.49. The van der Waals surface area contributed by atoms with Gasteiger partial charge in [-0.2, -0.15) is 0 Å². The molecule has 4 rings (SSSR count). The minimum Gasteiger partial charge on any atom is -1.00 e. The number of benzene rings is 2. The fraction of sp³-hybridized carbons (Fsp3) is 0.292. The van der Waals surface area contributed by atoms with E-state index in [1.165, 1.54) is 26.8 Å². The second kappa shape index (κ2) is 8.68. The minimum absolute atomic E-state index is 0. The van der Waals surface area contributed by atoms with Gasteiger partial charge in [0.15, 0.2) is 0 Å². The molecular weight excluding hydrogens is 566 g/mol. The first-order valence-corrected chi connectivity index (χ1v) is 13.7. The van der Waals surface area contributed by atoms with Crippen LogP contribution in [0.3, 0.4) is 0 Å². The standard InChI is InChI=1S/C24H25Si.2ClH.Hf/c1-24(2,3)18-11-10-17(14-18)23-21-15-16-8-6-7-9-19(16)20(21)12-13-22(23)25(4)5;;;/h6-9,11-14H,10H2,1-5H3;2*1H;/q;;;+2/p-2. The number of allylic oxidation sites excluding steroid dienone is 4. The van der Waals surface area contributed by atoms with E-state index in [-0.39, 0.29) is 30.2 Å². The molecule has 0 spiro atoms. The van der Waals surface area contributed by atoms with Gasteiger partial charge in [-0.1, -0.05) is 0 Å². The fourth-order valence-electron chi connectivity index (χ4n) is 4.13. The van der Waals surface area contributed by atoms with Crippen molar-refractivity contribution in [3.8, 4) is 0 Å². The van der Waals surface area contributed by atoms with Gasteiger partial charge in [0.1, 0.15) is 0 Å². The summed E-state index contributed by atoms with van der Waals surface area (Å²) in [6.45, 7) is 11.8. The Bertz CT molecular complexity index is 1210. The molecule has 2 aromatic rings. The molecule has 0 fully saturated rings. The zero-order valence-corrected chi connectivity index (χ0v) is 23.2. The minimum atomic E-state index is -0.523. The third-order valence-corrected chi connectivity index (χ3v) is 8.90. The molecule has 0 amide bonds. The molecular formula is C24H25Cl2HfSi. The molecule has 0 heterocycles. The van der Waals surface area contributed by atoms with E-state index in [1.807, 2.05) is 0 Å². The zero-order valence-electron chi connectivity index (χ0n) is 17.1. The van der Waals surface area contributed by atoms with Gasteiger partial charge >= 0.3 is 173 Å². The monoisotopic (exact) mass is 591 g/mol. The summed E-state index contributed by atoms with van der Waals surface area (Å²) in [6, 6.07) is 13.8. The Labute approximate surface area is 196 Å². The summed E-state index contributed by atoms with van der Waals surface area (Å²) in [5.41, 5.74) is 6.37. The topological polar surface area (TPSA) is 0 Å². The van der Waals surface area contributed by atoms with Gasteiger partial charge in [-0.05, 0) is 0 Å². The smallest absolute Gasteiger partial charge is 1.00 e. The quantitative estimate of drug-likeness (QED) is 0.388. The second-order valence-corrected chi connectivity index (χ2v) is 12.9. The maximum absolute atomic E-state index is 2.49. The van der Waals surface area contributed by atoms with Gasteiger partial charge in [-0.15, -0.1) is 0 Å². The van der Waals surface area contributed by atoms with Crippen molar-refractivity contribution in [3.05, 3.63) is 85.7 Å². The molecule has 0 saturated carbocycles. The molecule has 0 atom stereocenters. The summed E-state index contributed by atoms with van der Waals surface area (Å²) in [6.07, 6.45) is 6.02. The average Bonchev–Trinajstić information content (AvgIpc) is 3.19. The van der Waals surface area contributed by atoms with Crippen LogP contribution in [0.4, 0.5) is 0 Å². The maximum Gasteiger partial charge on any atom is -1.00 e. The van der Waals surface area contributed by atoms with E-state index in [1.54, 1.807) is 19.3 Å². The fourth-order valence-corrected chi connectivity index (χ4v) is 7.05. The molecule has 143 valence electrons. The van der Waals surface area contributed by atoms with Gasteiger partial charge < -0.3 is 24.8 Å². The Kier molecular flexibility index (Phi) is 7.35. The first kappa shape index (κ1) is 23.7. The Balaban J connectivity index is 0.00000140. The Morgan fingerprint density at radius 3 is 2.07 bits per heavy atom. The molecule has 0 radical (unpaired) electrons. The largest absolute Gasteiger partial charge is 1.00 e. The van der Waals surface area contributed by atoms with Crippen molar-refractivity contribution in [2.45, 2.75) is 40.3 Å². The van der Waals surface area contributed by atoms with Crippen LogP contribution < -0.4 is 30.0 Å². The van der Waals surface area contributed by atoms with Crippen LogP contribution in [0.15, 0.2) is 54.1 Å². The molecule has 0 aliphatic heterocycles. The molecule has 28 heavy (non-hydrogen) atoms. The van der Waals surface area contributed by atoms with Gasteiger partial charge in [-0.25, -0.2) is 0 Å². The van der Waals surface area contributed by atoms with Crippen LogP contribution in [0, 0.1) is 20.7 Å². The van der Waals surface area contributed by atoms with Crippen molar-refractivity contribution in [2.75, 3.05) is 0 Å². The zero-order chi connectivity index (χ0) is 18.6. The summed E-state index contributed by atoms with van der Waals surface area (Å²) in [5, 5.41) is 4.36. The number of rotatable bonds is 1. The van der Waals surface area contributed by atoms with E-state index in [9.17, 15) is 0 Å². The Morgan fingerprint density at radius 2 is 1.50 bits per heavy atom. The van der Waals surface area contributed by atoms with Crippen molar-refractivity contribution in [1.29, 1.82) is 0 Å². The molecule has 0 saturated heterocycles. The van der Waals surface area contributed by atoms with E-state index in [4.69, 9.17) is 0 Å². The van der Waals surface area contributed by atoms with E-state index in [0.29, 0.717) is 0 Å². The van der Waals surface area contributed by atoms with E-state index >= 15 is 0 Å². The van der Waals surface area contributed by atoms with Crippen LogP contribution in [-0.2, 0) is 24.4 Å². The van der Waals surface area contributed by atoms with E-state index < -0.39 is 8.41 Å². The molecule has 2 aliphatic carbocycles. The van der Waals surface area contributed by atoms with Crippen LogP contribution >= 0.6 is 0 Å². The van der Waals surface area contributed by atoms with Crippen LogP contribution in [0.1, 0.15) is 38.3 Å². The molecule has 0 nitrogen and oxygen atoms in total. The molecule has 0 unspecified atom stereocenters. The predicted molar refractivity (Wildman–Crippen MR) is 109 cm³/mol. The molecule has 0 N–H and O–H groups in total. The summed E-state index contributed by atoms with van der Waals surface area (Å²) < 4.78 is 1.58. The van der Waals surface area contributed by atoms with Crippen molar-refractivity contribution >= 4 is 17.3 Å². The number of hydrogen-bond donors (Lipinski definition) is 0. The number of hydrogen-bond acceptors (Lipinski definition) is 0. The van der Waals surface area contributed by atoms with E-state index in [0.717, 1.165) is 30.8 Å². The number of halogens is 2. The van der Waals surface area contributed by atoms with Gasteiger partial charge in [0.05, 0.1) is 0 Å². The normalized spacial score (nSPS) is 14.5. The predicted octanol–water partition coefficient (Wildman–Crippen LogP) is -0.655. The van der Waals surface area contributed by atoms with Crippen LogP contribution in [0.25, 0.3) is 8.90 Å². The summed E-state index contributed by atoms with van der Waals surface area (Å²) in [5.74, 6) is 0. The molecule has 0 aromatic heterocycles. The van der Waals surface area contributed by atoms with Gasteiger partial charge in [0, 0.05) is 0 Å². The first-order valence-electron chi connectivity index (χ1n) is 9.37. The van der Waals surface area contributed by atoms with Crippen LogP contribution in [-0.4, -0.2) is 8.41 Å². The average molecular weight is 591 g/mol.